The number of piperazine rings is 1. The molecule has 4 heteroatoms. The summed E-state index contributed by atoms with van der Waals surface area (Å²) < 4.78 is 13.9. The van der Waals surface area contributed by atoms with Crippen molar-refractivity contribution in [3.05, 3.63) is 28.5 Å². The molecule has 0 spiro atoms. The molecule has 2 saturated heterocycles. The van der Waals surface area contributed by atoms with Crippen molar-refractivity contribution < 1.29 is 4.39 Å². The largest absolute Gasteiger partial charge is 0.368 e. The van der Waals surface area contributed by atoms with Crippen molar-refractivity contribution in [2.24, 2.45) is 0 Å². The molecule has 3 rings (SSSR count). The van der Waals surface area contributed by atoms with Gasteiger partial charge in [-0.05, 0) is 53.5 Å². The van der Waals surface area contributed by atoms with E-state index in [0.717, 1.165) is 29.8 Å². The maximum atomic E-state index is 13.1. The predicted molar refractivity (Wildman–Crippen MR) is 70.9 cm³/mol. The topological polar surface area (TPSA) is 6.48 Å². The van der Waals surface area contributed by atoms with E-state index in [-0.39, 0.29) is 5.82 Å². The molecule has 1 aromatic rings. The van der Waals surface area contributed by atoms with Crippen molar-refractivity contribution in [1.82, 2.24) is 4.90 Å². The van der Waals surface area contributed by atoms with E-state index in [2.05, 4.69) is 25.7 Å². The van der Waals surface area contributed by atoms with Gasteiger partial charge in [0.2, 0.25) is 0 Å². The van der Waals surface area contributed by atoms with E-state index >= 15 is 0 Å². The first kappa shape index (κ1) is 11.5. The normalized spacial score (nSPS) is 25.1. The smallest absolute Gasteiger partial charge is 0.124 e. The standard InChI is InChI=1S/C13H16BrFN2/c14-12-8-10(15)3-4-13(12)17-7-6-16-5-1-2-11(16)9-17/h3-4,8,11H,1-2,5-7,9H2. The molecule has 2 heterocycles. The maximum Gasteiger partial charge on any atom is 0.124 e. The third-order valence-corrected chi connectivity index (χ3v) is 4.47. The Kier molecular flexibility index (Phi) is 3.09. The number of fused-ring (bicyclic) bond motifs is 1. The van der Waals surface area contributed by atoms with Gasteiger partial charge in [-0.15, -0.1) is 0 Å². The van der Waals surface area contributed by atoms with Gasteiger partial charge in [0.15, 0.2) is 0 Å². The Bertz CT molecular complexity index is 424. The van der Waals surface area contributed by atoms with E-state index < -0.39 is 0 Å². The third kappa shape index (κ3) is 2.20. The lowest BCUT2D eigenvalue weighted by Crippen LogP contribution is -2.50. The Morgan fingerprint density at radius 3 is 2.94 bits per heavy atom. The minimum Gasteiger partial charge on any atom is -0.368 e. The molecule has 1 aromatic carbocycles. The van der Waals surface area contributed by atoms with Gasteiger partial charge in [-0.25, -0.2) is 4.39 Å². The minimum atomic E-state index is -0.180. The van der Waals surface area contributed by atoms with Crippen molar-refractivity contribution in [3.8, 4) is 0 Å². The lowest BCUT2D eigenvalue weighted by Gasteiger charge is -2.39. The molecule has 0 radical (unpaired) electrons. The predicted octanol–water partition coefficient (Wildman–Crippen LogP) is 2.87. The summed E-state index contributed by atoms with van der Waals surface area (Å²) in [6.45, 7) is 4.50. The van der Waals surface area contributed by atoms with E-state index in [9.17, 15) is 4.39 Å². The quantitative estimate of drug-likeness (QED) is 0.787. The molecule has 17 heavy (non-hydrogen) atoms. The summed E-state index contributed by atoms with van der Waals surface area (Å²) in [6, 6.07) is 5.67. The Morgan fingerprint density at radius 2 is 2.12 bits per heavy atom. The Labute approximate surface area is 110 Å². The average molecular weight is 299 g/mol. The maximum absolute atomic E-state index is 13.1. The van der Waals surface area contributed by atoms with Crippen LogP contribution in [-0.2, 0) is 0 Å². The number of hydrogen-bond acceptors (Lipinski definition) is 2. The van der Waals surface area contributed by atoms with Gasteiger partial charge in [0, 0.05) is 30.1 Å². The molecule has 1 unspecified atom stereocenters. The summed E-state index contributed by atoms with van der Waals surface area (Å²) in [6.07, 6.45) is 2.62. The van der Waals surface area contributed by atoms with Gasteiger partial charge < -0.3 is 4.90 Å². The summed E-state index contributed by atoms with van der Waals surface area (Å²) >= 11 is 3.46. The second-order valence-electron chi connectivity index (χ2n) is 4.87. The van der Waals surface area contributed by atoms with Crippen LogP contribution in [0.4, 0.5) is 10.1 Å². The molecule has 2 nitrogen and oxygen atoms in total. The lowest BCUT2D eigenvalue weighted by molar-refractivity contribution is 0.231. The van der Waals surface area contributed by atoms with Gasteiger partial charge in [-0.1, -0.05) is 0 Å². The van der Waals surface area contributed by atoms with E-state index in [1.807, 2.05) is 6.07 Å². The van der Waals surface area contributed by atoms with Crippen LogP contribution in [0.2, 0.25) is 0 Å². The SMILES string of the molecule is Fc1ccc(N2CCN3CCCC3C2)c(Br)c1. The first-order valence-electron chi connectivity index (χ1n) is 6.18. The van der Waals surface area contributed by atoms with Gasteiger partial charge in [0.25, 0.3) is 0 Å². The molecule has 0 amide bonds. The molecular weight excluding hydrogens is 283 g/mol. The van der Waals surface area contributed by atoms with Crippen molar-refractivity contribution >= 4 is 21.6 Å². The van der Waals surface area contributed by atoms with Crippen LogP contribution in [0.1, 0.15) is 12.8 Å². The fraction of sp³-hybridized carbons (Fsp3) is 0.538. The molecule has 2 fully saturated rings. The lowest BCUT2D eigenvalue weighted by atomic mass is 10.1. The van der Waals surface area contributed by atoms with Crippen LogP contribution < -0.4 is 4.90 Å². The molecule has 2 aliphatic heterocycles. The van der Waals surface area contributed by atoms with Crippen LogP contribution in [0, 0.1) is 5.82 Å². The second kappa shape index (κ2) is 4.58. The number of halogens is 2. The molecule has 0 aliphatic carbocycles. The molecular formula is C13H16BrFN2. The Balaban J connectivity index is 1.80. The highest BCUT2D eigenvalue weighted by Crippen LogP contribution is 2.31. The van der Waals surface area contributed by atoms with Crippen LogP contribution in [0.3, 0.4) is 0 Å². The van der Waals surface area contributed by atoms with Crippen LogP contribution in [0.15, 0.2) is 22.7 Å². The molecule has 1 atom stereocenters. The fourth-order valence-corrected chi connectivity index (χ4v) is 3.55. The van der Waals surface area contributed by atoms with Gasteiger partial charge in [0.05, 0.1) is 5.69 Å². The van der Waals surface area contributed by atoms with E-state index in [1.165, 1.54) is 19.4 Å². The summed E-state index contributed by atoms with van der Waals surface area (Å²) in [5.41, 5.74) is 1.12. The molecule has 92 valence electrons. The third-order valence-electron chi connectivity index (χ3n) is 3.84. The molecule has 0 N–H and O–H groups in total. The molecule has 2 aliphatic rings. The molecule has 0 saturated carbocycles. The first-order valence-corrected chi connectivity index (χ1v) is 6.97. The summed E-state index contributed by atoms with van der Waals surface area (Å²) in [7, 11) is 0. The van der Waals surface area contributed by atoms with Crippen LogP contribution in [-0.4, -0.2) is 37.1 Å². The number of rotatable bonds is 1. The van der Waals surface area contributed by atoms with Crippen molar-refractivity contribution in [2.45, 2.75) is 18.9 Å². The highest BCUT2D eigenvalue weighted by atomic mass is 79.9. The van der Waals surface area contributed by atoms with Crippen LogP contribution in [0.5, 0.6) is 0 Å². The molecule has 0 bridgehead atoms. The Hall–Kier alpha value is -0.610. The van der Waals surface area contributed by atoms with Gasteiger partial charge in [-0.3, -0.25) is 4.90 Å². The van der Waals surface area contributed by atoms with Crippen LogP contribution >= 0.6 is 15.9 Å². The number of nitrogens with zero attached hydrogens (tertiary/aromatic N) is 2. The summed E-state index contributed by atoms with van der Waals surface area (Å²) in [4.78, 5) is 4.95. The van der Waals surface area contributed by atoms with Crippen molar-refractivity contribution in [2.75, 3.05) is 31.1 Å². The zero-order chi connectivity index (χ0) is 11.8. The average Bonchev–Trinajstić information content (AvgIpc) is 2.75. The monoisotopic (exact) mass is 298 g/mol. The van der Waals surface area contributed by atoms with E-state index in [1.54, 1.807) is 12.1 Å². The van der Waals surface area contributed by atoms with Crippen molar-refractivity contribution in [3.63, 3.8) is 0 Å². The zero-order valence-corrected chi connectivity index (χ0v) is 11.3. The van der Waals surface area contributed by atoms with Crippen molar-refractivity contribution in [1.29, 1.82) is 0 Å². The van der Waals surface area contributed by atoms with E-state index in [4.69, 9.17) is 0 Å². The van der Waals surface area contributed by atoms with Crippen LogP contribution in [0.25, 0.3) is 0 Å². The van der Waals surface area contributed by atoms with Gasteiger partial charge >= 0.3 is 0 Å². The number of anilines is 1. The fourth-order valence-electron chi connectivity index (χ4n) is 2.95. The number of hydrogen-bond donors (Lipinski definition) is 0. The highest BCUT2D eigenvalue weighted by Gasteiger charge is 2.31. The zero-order valence-electron chi connectivity index (χ0n) is 9.70. The second-order valence-corrected chi connectivity index (χ2v) is 5.73. The van der Waals surface area contributed by atoms with Gasteiger partial charge in [-0.2, -0.15) is 0 Å². The number of benzene rings is 1. The summed E-state index contributed by atoms with van der Waals surface area (Å²) in [5, 5.41) is 0. The Morgan fingerprint density at radius 1 is 1.24 bits per heavy atom. The minimum absolute atomic E-state index is 0.180. The summed E-state index contributed by atoms with van der Waals surface area (Å²) in [5.74, 6) is -0.180. The molecule has 0 aromatic heterocycles. The first-order chi connectivity index (χ1) is 8.24. The van der Waals surface area contributed by atoms with Gasteiger partial charge in [0.1, 0.15) is 5.82 Å². The van der Waals surface area contributed by atoms with E-state index in [0.29, 0.717) is 6.04 Å². The highest BCUT2D eigenvalue weighted by molar-refractivity contribution is 9.10.